The average Bonchev–Trinajstić information content (AvgIpc) is 3.45. The van der Waals surface area contributed by atoms with Gasteiger partial charge in [0, 0.05) is 32.7 Å². The lowest BCUT2D eigenvalue weighted by Gasteiger charge is -2.31. The summed E-state index contributed by atoms with van der Waals surface area (Å²) >= 11 is 0. The molecule has 2 fully saturated rings. The van der Waals surface area contributed by atoms with Crippen LogP contribution >= 0.6 is 0 Å². The van der Waals surface area contributed by atoms with Crippen LogP contribution in [0.25, 0.3) is 0 Å². The number of amides is 1. The minimum absolute atomic E-state index is 0.0965. The number of alkyl halides is 3. The van der Waals surface area contributed by atoms with Crippen molar-refractivity contribution in [3.8, 4) is 0 Å². The fraction of sp³-hybridized carbons (Fsp3) is 0.550. The average molecular weight is 472 g/mol. The van der Waals surface area contributed by atoms with Gasteiger partial charge in [-0.2, -0.15) is 17.5 Å². The van der Waals surface area contributed by atoms with Crippen LogP contribution in [0, 0.1) is 5.92 Å². The van der Waals surface area contributed by atoms with Crippen LogP contribution in [-0.2, 0) is 22.7 Å². The maximum atomic E-state index is 13.0. The van der Waals surface area contributed by atoms with Crippen LogP contribution in [0.5, 0.6) is 0 Å². The van der Waals surface area contributed by atoms with Crippen LogP contribution in [0.2, 0.25) is 0 Å². The Morgan fingerprint density at radius 3 is 2.59 bits per heavy atom. The van der Waals surface area contributed by atoms with Crippen molar-refractivity contribution in [2.45, 2.75) is 43.3 Å². The van der Waals surface area contributed by atoms with Crippen molar-refractivity contribution in [1.29, 1.82) is 0 Å². The molecule has 8 nitrogen and oxygen atoms in total. The van der Waals surface area contributed by atoms with Crippen LogP contribution in [-0.4, -0.2) is 64.7 Å². The number of rotatable bonds is 5. The third kappa shape index (κ3) is 4.80. The van der Waals surface area contributed by atoms with Crippen LogP contribution in [0.3, 0.4) is 0 Å². The zero-order valence-electron chi connectivity index (χ0n) is 17.3. The molecule has 2 saturated heterocycles. The van der Waals surface area contributed by atoms with Crippen molar-refractivity contribution in [1.82, 2.24) is 24.2 Å². The molecule has 2 aliphatic heterocycles. The van der Waals surface area contributed by atoms with E-state index in [1.165, 1.54) is 15.1 Å². The van der Waals surface area contributed by atoms with Crippen LogP contribution in [0.15, 0.2) is 35.4 Å². The van der Waals surface area contributed by atoms with Gasteiger partial charge in [-0.25, -0.2) is 8.42 Å². The number of sulfonamides is 1. The number of carbonyl (C=O) groups is 1. The highest BCUT2D eigenvalue weighted by Crippen LogP contribution is 2.32. The summed E-state index contributed by atoms with van der Waals surface area (Å²) in [4.78, 5) is 13.8. The quantitative estimate of drug-likeness (QED) is 0.669. The number of likely N-dealkylation sites (tertiary alicyclic amines) is 1. The fourth-order valence-electron chi connectivity index (χ4n) is 4.21. The summed E-state index contributed by atoms with van der Waals surface area (Å²) in [5.41, 5.74) is -0.735. The normalized spacial score (nSPS) is 20.6. The maximum Gasteiger partial charge on any atom is 0.416 e. The zero-order chi connectivity index (χ0) is 22.9. The number of halogens is 3. The predicted molar refractivity (Wildman–Crippen MR) is 108 cm³/mol. The Balaban J connectivity index is 1.44. The summed E-state index contributed by atoms with van der Waals surface area (Å²) in [5.74, 6) is -0.257. The summed E-state index contributed by atoms with van der Waals surface area (Å²) in [6.45, 7) is 2.18. The third-order valence-electron chi connectivity index (χ3n) is 5.88. The molecule has 1 atom stereocenters. The molecule has 32 heavy (non-hydrogen) atoms. The van der Waals surface area contributed by atoms with Gasteiger partial charge >= 0.3 is 6.18 Å². The van der Waals surface area contributed by atoms with E-state index in [9.17, 15) is 26.4 Å². The van der Waals surface area contributed by atoms with Crippen molar-refractivity contribution in [2.24, 2.45) is 5.92 Å². The fourth-order valence-corrected chi connectivity index (χ4v) is 5.81. The third-order valence-corrected chi connectivity index (χ3v) is 7.74. The Kier molecular flexibility index (Phi) is 6.26. The van der Waals surface area contributed by atoms with Crippen molar-refractivity contribution < 1.29 is 26.4 Å². The highest BCUT2D eigenvalue weighted by atomic mass is 32.2. The molecule has 174 valence electrons. The lowest BCUT2D eigenvalue weighted by Crippen LogP contribution is -2.41. The highest BCUT2D eigenvalue weighted by molar-refractivity contribution is 7.89. The molecule has 3 heterocycles. The molecule has 0 radical (unpaired) electrons. The summed E-state index contributed by atoms with van der Waals surface area (Å²) in [7, 11) is -4.06. The molecule has 0 unspecified atom stereocenters. The number of hydrogen-bond donors (Lipinski definition) is 0. The molecule has 1 aromatic carbocycles. The summed E-state index contributed by atoms with van der Waals surface area (Å²) in [5, 5.41) is 7.97. The first kappa shape index (κ1) is 22.7. The molecule has 0 spiro atoms. The van der Waals surface area contributed by atoms with Gasteiger partial charge in [0.2, 0.25) is 10.0 Å². The minimum atomic E-state index is -4.62. The van der Waals surface area contributed by atoms with Gasteiger partial charge < -0.3 is 4.90 Å². The van der Waals surface area contributed by atoms with Gasteiger partial charge in [0.15, 0.2) is 5.69 Å². The lowest BCUT2D eigenvalue weighted by atomic mass is 10.00. The molecule has 0 bridgehead atoms. The van der Waals surface area contributed by atoms with Crippen molar-refractivity contribution in [3.05, 3.63) is 41.7 Å². The standard InChI is InChI=1S/C20H24F3N5O3S/c21-20(22,23)16-6-3-7-17(11-16)32(30,31)28-10-4-5-15(13-28)12-27-14-18(24-25-27)19(29)26-8-1-2-9-26/h3,6-7,11,14-15H,1-2,4-5,8-10,12-13H2/t15-/m0/s1. The Bertz CT molecular complexity index is 1080. The first-order valence-electron chi connectivity index (χ1n) is 10.5. The molecule has 12 heteroatoms. The number of hydrogen-bond acceptors (Lipinski definition) is 5. The molecule has 2 aliphatic rings. The number of piperidine rings is 1. The van der Waals surface area contributed by atoms with Gasteiger partial charge in [0.05, 0.1) is 16.7 Å². The Labute approximate surface area is 184 Å². The van der Waals surface area contributed by atoms with Gasteiger partial charge in [-0.05, 0) is 49.8 Å². The van der Waals surface area contributed by atoms with Crippen LogP contribution in [0.1, 0.15) is 41.7 Å². The number of carbonyl (C=O) groups excluding carboxylic acids is 1. The molecular formula is C20H24F3N5O3S. The van der Waals surface area contributed by atoms with E-state index in [4.69, 9.17) is 0 Å². The van der Waals surface area contributed by atoms with Gasteiger partial charge in [-0.1, -0.05) is 11.3 Å². The SMILES string of the molecule is O=C(c1cn(C[C@@H]2CCCN(S(=O)(=O)c3cccc(C(F)(F)F)c3)C2)nn1)N1CCCC1. The highest BCUT2D eigenvalue weighted by Gasteiger charge is 2.35. The van der Waals surface area contributed by atoms with E-state index in [-0.39, 0.29) is 35.5 Å². The smallest absolute Gasteiger partial charge is 0.337 e. The molecule has 1 aromatic heterocycles. The van der Waals surface area contributed by atoms with E-state index >= 15 is 0 Å². The van der Waals surface area contributed by atoms with Crippen molar-refractivity contribution in [2.75, 3.05) is 26.2 Å². The monoisotopic (exact) mass is 471 g/mol. The van der Waals surface area contributed by atoms with E-state index in [1.807, 2.05) is 0 Å². The minimum Gasteiger partial charge on any atom is -0.337 e. The molecule has 0 saturated carbocycles. The van der Waals surface area contributed by atoms with E-state index in [2.05, 4.69) is 10.3 Å². The number of benzene rings is 1. The molecule has 4 rings (SSSR count). The molecule has 2 aromatic rings. The van der Waals surface area contributed by atoms with Crippen LogP contribution < -0.4 is 0 Å². The largest absolute Gasteiger partial charge is 0.416 e. The zero-order valence-corrected chi connectivity index (χ0v) is 18.1. The Morgan fingerprint density at radius 1 is 1.12 bits per heavy atom. The van der Waals surface area contributed by atoms with E-state index in [0.29, 0.717) is 32.1 Å². The lowest BCUT2D eigenvalue weighted by molar-refractivity contribution is -0.137. The predicted octanol–water partition coefficient (Wildman–Crippen LogP) is 2.63. The first-order chi connectivity index (χ1) is 15.1. The van der Waals surface area contributed by atoms with E-state index in [0.717, 1.165) is 31.4 Å². The molecule has 1 amide bonds. The van der Waals surface area contributed by atoms with Crippen molar-refractivity contribution >= 4 is 15.9 Å². The molecule has 0 aliphatic carbocycles. The number of aromatic nitrogens is 3. The van der Waals surface area contributed by atoms with Crippen LogP contribution in [0.4, 0.5) is 13.2 Å². The van der Waals surface area contributed by atoms with Gasteiger partial charge in [-0.3, -0.25) is 9.48 Å². The second-order valence-electron chi connectivity index (χ2n) is 8.22. The summed E-state index contributed by atoms with van der Waals surface area (Å²) in [6, 6.07) is 3.81. The molecular weight excluding hydrogens is 447 g/mol. The van der Waals surface area contributed by atoms with Gasteiger partial charge in [-0.15, -0.1) is 5.10 Å². The topological polar surface area (TPSA) is 88.4 Å². The molecule has 0 N–H and O–H groups in total. The summed E-state index contributed by atoms with van der Waals surface area (Å²) in [6.07, 6.45) is 0.214. The van der Waals surface area contributed by atoms with E-state index < -0.39 is 21.8 Å². The van der Waals surface area contributed by atoms with Gasteiger partial charge in [0.25, 0.3) is 5.91 Å². The number of nitrogens with zero attached hydrogens (tertiary/aromatic N) is 5. The van der Waals surface area contributed by atoms with Crippen molar-refractivity contribution in [3.63, 3.8) is 0 Å². The Hall–Kier alpha value is -2.47. The van der Waals surface area contributed by atoms with E-state index in [1.54, 1.807) is 11.1 Å². The van der Waals surface area contributed by atoms with Gasteiger partial charge in [0.1, 0.15) is 0 Å². The second kappa shape index (κ2) is 8.81. The first-order valence-corrected chi connectivity index (χ1v) is 12.0. The second-order valence-corrected chi connectivity index (χ2v) is 10.2. The Morgan fingerprint density at radius 2 is 1.88 bits per heavy atom. The summed E-state index contributed by atoms with van der Waals surface area (Å²) < 4.78 is 67.7. The maximum absolute atomic E-state index is 13.0.